The van der Waals surface area contributed by atoms with Gasteiger partial charge >= 0.3 is 0 Å². The molecule has 5 aromatic rings. The van der Waals surface area contributed by atoms with Gasteiger partial charge in [0.25, 0.3) is 5.56 Å². The first-order valence-corrected chi connectivity index (χ1v) is 10.7. The van der Waals surface area contributed by atoms with Crippen molar-refractivity contribution in [3.05, 3.63) is 69.7 Å². The average molecular weight is 462 g/mol. The summed E-state index contributed by atoms with van der Waals surface area (Å²) in [5.41, 5.74) is 4.13. The van der Waals surface area contributed by atoms with E-state index >= 15 is 0 Å². The molecule has 30 heavy (non-hydrogen) atoms. The number of nitrogens with zero attached hydrogens (tertiary/aromatic N) is 5. The quantitative estimate of drug-likeness (QED) is 0.373. The number of hydrogen-bond acceptors (Lipinski definition) is 4. The summed E-state index contributed by atoms with van der Waals surface area (Å²) in [6, 6.07) is 15.6. The second-order valence-electron chi connectivity index (χ2n) is 7.82. The molecule has 0 radical (unpaired) electrons. The highest BCUT2D eigenvalue weighted by atomic mass is 79.9. The largest absolute Gasteiger partial charge is 0.299 e. The maximum atomic E-state index is 13.4. The number of halogens is 1. The molecule has 0 saturated carbocycles. The van der Waals surface area contributed by atoms with Crippen molar-refractivity contribution in [2.24, 2.45) is 5.92 Å². The van der Waals surface area contributed by atoms with Crippen molar-refractivity contribution in [2.75, 3.05) is 0 Å². The molecule has 0 spiro atoms. The number of para-hydroxylation sites is 2. The zero-order chi connectivity index (χ0) is 20.8. The van der Waals surface area contributed by atoms with Crippen molar-refractivity contribution in [2.45, 2.75) is 26.8 Å². The van der Waals surface area contributed by atoms with Crippen LogP contribution >= 0.6 is 15.9 Å². The molecule has 0 N–H and O–H groups in total. The van der Waals surface area contributed by atoms with E-state index < -0.39 is 0 Å². The topological polar surface area (TPSA) is 65.6 Å². The Bertz CT molecular complexity index is 1470. The van der Waals surface area contributed by atoms with Crippen LogP contribution in [0.15, 0.2) is 64.1 Å². The van der Waals surface area contributed by atoms with Gasteiger partial charge in [0.05, 0.1) is 23.0 Å². The van der Waals surface area contributed by atoms with Gasteiger partial charge in [-0.2, -0.15) is 0 Å². The van der Waals surface area contributed by atoms with Crippen LogP contribution in [0, 0.1) is 5.92 Å². The third-order valence-electron chi connectivity index (χ3n) is 5.24. The van der Waals surface area contributed by atoms with E-state index in [-0.39, 0.29) is 5.56 Å². The van der Waals surface area contributed by atoms with Crippen molar-refractivity contribution < 1.29 is 0 Å². The molecule has 0 fully saturated rings. The van der Waals surface area contributed by atoms with Crippen LogP contribution < -0.4 is 5.56 Å². The van der Waals surface area contributed by atoms with Gasteiger partial charge in [-0.25, -0.2) is 15.0 Å². The highest BCUT2D eigenvalue weighted by Crippen LogP contribution is 2.29. The lowest BCUT2D eigenvalue weighted by atomic mass is 10.1. The van der Waals surface area contributed by atoms with E-state index in [4.69, 9.17) is 9.97 Å². The molecule has 6 nitrogen and oxygen atoms in total. The minimum absolute atomic E-state index is 0.0797. The Balaban J connectivity index is 1.90. The normalized spacial score (nSPS) is 11.9. The van der Waals surface area contributed by atoms with Gasteiger partial charge in [-0.15, -0.1) is 0 Å². The minimum Gasteiger partial charge on any atom is -0.299 e. The van der Waals surface area contributed by atoms with Gasteiger partial charge in [0.2, 0.25) is 0 Å². The minimum atomic E-state index is -0.0797. The third kappa shape index (κ3) is 3.10. The van der Waals surface area contributed by atoms with Crippen molar-refractivity contribution in [1.82, 2.24) is 24.1 Å². The van der Waals surface area contributed by atoms with Gasteiger partial charge in [-0.1, -0.05) is 48.0 Å². The Morgan fingerprint density at radius 2 is 1.77 bits per heavy atom. The van der Waals surface area contributed by atoms with Gasteiger partial charge in [-0.05, 0) is 42.7 Å². The molecule has 7 heteroatoms. The summed E-state index contributed by atoms with van der Waals surface area (Å²) >= 11 is 3.54. The average Bonchev–Trinajstić information content (AvgIpc) is 3.05. The van der Waals surface area contributed by atoms with Crippen molar-refractivity contribution >= 4 is 49.2 Å². The number of aromatic nitrogens is 5. The molecular weight excluding hydrogens is 442 g/mol. The summed E-state index contributed by atoms with van der Waals surface area (Å²) in [5.74, 6) is 0.499. The van der Waals surface area contributed by atoms with Crippen LogP contribution in [0.2, 0.25) is 0 Å². The molecule has 150 valence electrons. The van der Waals surface area contributed by atoms with Gasteiger partial charge in [0.15, 0.2) is 11.3 Å². The first-order chi connectivity index (χ1) is 14.5. The van der Waals surface area contributed by atoms with E-state index in [9.17, 15) is 4.79 Å². The Morgan fingerprint density at radius 1 is 1.00 bits per heavy atom. The Labute approximate surface area is 181 Å². The lowest BCUT2D eigenvalue weighted by molar-refractivity contribution is 0.506. The van der Waals surface area contributed by atoms with E-state index in [2.05, 4.69) is 34.8 Å². The molecule has 0 bridgehead atoms. The lowest BCUT2D eigenvalue weighted by Gasteiger charge is -2.09. The van der Waals surface area contributed by atoms with Crippen molar-refractivity contribution in [3.8, 4) is 5.69 Å². The van der Waals surface area contributed by atoms with E-state index in [0.29, 0.717) is 34.7 Å². The molecule has 0 atom stereocenters. The van der Waals surface area contributed by atoms with E-state index in [1.54, 1.807) is 10.9 Å². The van der Waals surface area contributed by atoms with Crippen LogP contribution in [0.5, 0.6) is 0 Å². The summed E-state index contributed by atoms with van der Waals surface area (Å²) in [4.78, 5) is 27.8. The van der Waals surface area contributed by atoms with Gasteiger partial charge in [0, 0.05) is 11.0 Å². The molecule has 0 aliphatic heterocycles. The van der Waals surface area contributed by atoms with Crippen LogP contribution in [-0.4, -0.2) is 24.1 Å². The molecule has 0 amide bonds. The SMILES string of the molecule is CC(C)CCn1cnc2c(c1=O)c1nc3ccccc3nc1n2-c1cccc(Br)c1. The molecule has 0 saturated heterocycles. The zero-order valence-corrected chi connectivity index (χ0v) is 18.3. The summed E-state index contributed by atoms with van der Waals surface area (Å²) in [6.07, 6.45) is 2.55. The molecule has 2 aromatic carbocycles. The number of aryl methyl sites for hydroxylation is 1. The predicted molar refractivity (Wildman–Crippen MR) is 123 cm³/mol. The highest BCUT2D eigenvalue weighted by molar-refractivity contribution is 9.10. The van der Waals surface area contributed by atoms with Gasteiger partial charge in [-0.3, -0.25) is 13.9 Å². The Hall–Kier alpha value is -3.06. The first kappa shape index (κ1) is 18.9. The zero-order valence-electron chi connectivity index (χ0n) is 16.7. The van der Waals surface area contributed by atoms with Gasteiger partial charge < -0.3 is 0 Å². The molecule has 3 heterocycles. The summed E-state index contributed by atoms with van der Waals surface area (Å²) in [5, 5.41) is 0.509. The molecule has 0 unspecified atom stereocenters. The maximum absolute atomic E-state index is 13.4. The van der Waals surface area contributed by atoms with Crippen molar-refractivity contribution in [3.63, 3.8) is 0 Å². The number of fused-ring (bicyclic) bond motifs is 4. The smallest absolute Gasteiger partial charge is 0.265 e. The molecule has 0 aliphatic carbocycles. The molecule has 3 aromatic heterocycles. The summed E-state index contributed by atoms with van der Waals surface area (Å²) in [6.45, 7) is 4.92. The summed E-state index contributed by atoms with van der Waals surface area (Å²) < 4.78 is 4.54. The monoisotopic (exact) mass is 461 g/mol. The van der Waals surface area contributed by atoms with Crippen LogP contribution in [-0.2, 0) is 6.54 Å². The summed E-state index contributed by atoms with van der Waals surface area (Å²) in [7, 11) is 0. The van der Waals surface area contributed by atoms with Crippen LogP contribution in [0.3, 0.4) is 0 Å². The van der Waals surface area contributed by atoms with Gasteiger partial charge in [0.1, 0.15) is 10.9 Å². The third-order valence-corrected chi connectivity index (χ3v) is 5.74. The standard InChI is InChI=1S/C23H20BrN5O/c1-14(2)10-11-28-13-25-21-19(23(28)30)20-22(27-18-9-4-3-8-17(18)26-20)29(21)16-7-5-6-15(24)12-16/h3-9,12-14H,10-11H2,1-2H3. The Kier molecular flexibility index (Phi) is 4.62. The maximum Gasteiger partial charge on any atom is 0.265 e. The fraction of sp³-hybridized carbons (Fsp3) is 0.217. The molecular formula is C23H20BrN5O. The molecule has 0 aliphatic rings. The number of benzene rings is 2. The number of hydrogen-bond donors (Lipinski definition) is 0. The van der Waals surface area contributed by atoms with E-state index in [0.717, 1.165) is 27.6 Å². The first-order valence-electron chi connectivity index (χ1n) is 9.95. The highest BCUT2D eigenvalue weighted by Gasteiger charge is 2.21. The lowest BCUT2D eigenvalue weighted by Crippen LogP contribution is -2.21. The van der Waals surface area contributed by atoms with Crippen LogP contribution in [0.1, 0.15) is 20.3 Å². The molecule has 5 rings (SSSR count). The van der Waals surface area contributed by atoms with E-state index in [1.807, 2.05) is 53.1 Å². The fourth-order valence-electron chi connectivity index (χ4n) is 3.69. The Morgan fingerprint density at radius 3 is 2.50 bits per heavy atom. The van der Waals surface area contributed by atoms with Crippen LogP contribution in [0.4, 0.5) is 0 Å². The van der Waals surface area contributed by atoms with Crippen molar-refractivity contribution in [1.29, 1.82) is 0 Å². The number of rotatable bonds is 4. The van der Waals surface area contributed by atoms with Crippen LogP contribution in [0.25, 0.3) is 38.9 Å². The second kappa shape index (κ2) is 7.32. The fourth-order valence-corrected chi connectivity index (χ4v) is 4.08. The van der Waals surface area contributed by atoms with E-state index in [1.165, 1.54) is 0 Å². The second-order valence-corrected chi connectivity index (χ2v) is 8.74. The predicted octanol–water partition coefficient (Wildman–Crippen LogP) is 5.09.